The van der Waals surface area contributed by atoms with Crippen LogP contribution in [0.3, 0.4) is 0 Å². The average molecular weight is 582 g/mol. The SMILES string of the molecule is N=C(N)SCCCC1(C2=C(n3ccc4ccccc43)C(=O)NC2=O)C=Nc2ccc(OCSc3ccccc3)cc21. The third kappa shape index (κ3) is 5.16. The maximum Gasteiger partial charge on any atom is 0.275 e. The minimum Gasteiger partial charge on any atom is -0.483 e. The van der Waals surface area contributed by atoms with E-state index in [9.17, 15) is 9.59 Å². The number of nitrogens with one attached hydrogen (secondary N) is 2. The minimum absolute atomic E-state index is 0.0404. The van der Waals surface area contributed by atoms with Crippen LogP contribution in [0.25, 0.3) is 16.6 Å². The zero-order valence-electron chi connectivity index (χ0n) is 22.0. The van der Waals surface area contributed by atoms with Crippen molar-refractivity contribution < 1.29 is 14.3 Å². The minimum atomic E-state index is -0.977. The summed E-state index contributed by atoms with van der Waals surface area (Å²) in [5.74, 6) is 0.770. The van der Waals surface area contributed by atoms with Crippen LogP contribution in [0, 0.1) is 5.41 Å². The van der Waals surface area contributed by atoms with E-state index in [1.165, 1.54) is 11.8 Å². The second kappa shape index (κ2) is 11.3. The van der Waals surface area contributed by atoms with E-state index in [0.717, 1.165) is 27.0 Å². The Kier molecular flexibility index (Phi) is 7.42. The Morgan fingerprint density at radius 2 is 1.83 bits per heavy atom. The van der Waals surface area contributed by atoms with Crippen LogP contribution in [0.5, 0.6) is 5.75 Å². The largest absolute Gasteiger partial charge is 0.483 e. The molecule has 10 heteroatoms. The highest BCUT2D eigenvalue weighted by atomic mass is 32.2. The Hall–Kier alpha value is -4.28. The molecule has 0 bridgehead atoms. The summed E-state index contributed by atoms with van der Waals surface area (Å²) in [7, 11) is 0. The number of hydrogen-bond acceptors (Lipinski definition) is 7. The molecule has 0 radical (unpaired) electrons. The predicted molar refractivity (Wildman–Crippen MR) is 166 cm³/mol. The lowest BCUT2D eigenvalue weighted by molar-refractivity contribution is -0.123. The van der Waals surface area contributed by atoms with E-state index in [0.29, 0.717) is 41.6 Å². The van der Waals surface area contributed by atoms with Crippen LogP contribution in [0.4, 0.5) is 5.69 Å². The zero-order valence-corrected chi connectivity index (χ0v) is 23.6. The number of hydrogen-bond donors (Lipinski definition) is 3. The van der Waals surface area contributed by atoms with Crippen molar-refractivity contribution in [2.45, 2.75) is 23.2 Å². The molecule has 0 aliphatic carbocycles. The first-order valence-corrected chi connectivity index (χ1v) is 15.1. The molecule has 1 aromatic heterocycles. The van der Waals surface area contributed by atoms with Gasteiger partial charge in [-0.2, -0.15) is 0 Å². The fourth-order valence-electron chi connectivity index (χ4n) is 5.43. The summed E-state index contributed by atoms with van der Waals surface area (Å²) in [5, 5.41) is 11.2. The normalized spacial score (nSPS) is 17.8. The Morgan fingerprint density at radius 1 is 1.02 bits per heavy atom. The number of ether oxygens (including phenoxy) is 1. The van der Waals surface area contributed by atoms with Crippen molar-refractivity contribution in [2.75, 3.05) is 11.7 Å². The summed E-state index contributed by atoms with van der Waals surface area (Å²) in [5.41, 5.74) is 7.62. The molecule has 0 saturated heterocycles. The lowest BCUT2D eigenvalue weighted by Gasteiger charge is -2.29. The number of amides is 2. The number of nitrogens with zero attached hydrogens (tertiary/aromatic N) is 2. The molecule has 1 unspecified atom stereocenters. The number of carbonyl (C=O) groups is 2. The van der Waals surface area contributed by atoms with E-state index in [2.05, 4.69) is 5.32 Å². The van der Waals surface area contributed by atoms with E-state index in [1.54, 1.807) is 22.5 Å². The number of fused-ring (bicyclic) bond motifs is 2. The summed E-state index contributed by atoms with van der Waals surface area (Å²) in [6, 6.07) is 25.4. The van der Waals surface area contributed by atoms with Gasteiger partial charge in [0.05, 0.1) is 22.2 Å². The summed E-state index contributed by atoms with van der Waals surface area (Å²) in [4.78, 5) is 32.8. The van der Waals surface area contributed by atoms with E-state index in [-0.39, 0.29) is 5.17 Å². The molecule has 1 atom stereocenters. The van der Waals surface area contributed by atoms with Crippen molar-refractivity contribution in [1.82, 2.24) is 9.88 Å². The van der Waals surface area contributed by atoms with E-state index >= 15 is 0 Å². The molecule has 4 N–H and O–H groups in total. The molecule has 3 heterocycles. The van der Waals surface area contributed by atoms with E-state index < -0.39 is 17.2 Å². The van der Waals surface area contributed by atoms with Gasteiger partial charge in [0, 0.05) is 23.1 Å². The molecule has 2 aliphatic heterocycles. The molecule has 2 aliphatic rings. The number of aromatic nitrogens is 1. The summed E-state index contributed by atoms with van der Waals surface area (Å²) in [6.45, 7) is 0. The van der Waals surface area contributed by atoms with Gasteiger partial charge in [-0.05, 0) is 66.3 Å². The van der Waals surface area contributed by atoms with Gasteiger partial charge in [-0.15, -0.1) is 0 Å². The monoisotopic (exact) mass is 581 g/mol. The summed E-state index contributed by atoms with van der Waals surface area (Å²) in [6.07, 6.45) is 4.74. The maximum atomic E-state index is 13.6. The van der Waals surface area contributed by atoms with Crippen molar-refractivity contribution in [3.05, 3.63) is 96.2 Å². The molecule has 3 aromatic carbocycles. The first-order valence-electron chi connectivity index (χ1n) is 13.1. The van der Waals surface area contributed by atoms with Gasteiger partial charge in [-0.3, -0.25) is 25.3 Å². The van der Waals surface area contributed by atoms with Crippen LogP contribution in [-0.2, 0) is 15.0 Å². The van der Waals surface area contributed by atoms with Crippen molar-refractivity contribution in [3.63, 3.8) is 0 Å². The predicted octanol–water partition coefficient (Wildman–Crippen LogP) is 5.70. The fraction of sp³-hybridized carbons (Fsp3) is 0.161. The van der Waals surface area contributed by atoms with Crippen molar-refractivity contribution >= 4 is 69.0 Å². The summed E-state index contributed by atoms with van der Waals surface area (Å²) < 4.78 is 7.91. The third-order valence-corrected chi connectivity index (χ3v) is 8.88. The van der Waals surface area contributed by atoms with Crippen LogP contribution in [0.2, 0.25) is 0 Å². The first kappa shape index (κ1) is 26.9. The van der Waals surface area contributed by atoms with Gasteiger partial charge >= 0.3 is 0 Å². The third-order valence-electron chi connectivity index (χ3n) is 7.23. The van der Waals surface area contributed by atoms with Gasteiger partial charge in [-0.1, -0.05) is 59.9 Å². The number of aliphatic imine (C=N–C) groups is 1. The molecule has 0 fully saturated rings. The van der Waals surface area contributed by atoms with Gasteiger partial charge < -0.3 is 15.0 Å². The second-order valence-electron chi connectivity index (χ2n) is 9.70. The van der Waals surface area contributed by atoms with Gasteiger partial charge in [0.15, 0.2) is 5.17 Å². The smallest absolute Gasteiger partial charge is 0.275 e. The molecule has 41 heavy (non-hydrogen) atoms. The zero-order chi connectivity index (χ0) is 28.4. The molecule has 0 spiro atoms. The van der Waals surface area contributed by atoms with Crippen molar-refractivity contribution in [1.29, 1.82) is 5.41 Å². The molecular formula is C31H27N5O3S2. The molecule has 0 saturated carbocycles. The van der Waals surface area contributed by atoms with E-state index in [1.807, 2.05) is 85.1 Å². The lowest BCUT2D eigenvalue weighted by atomic mass is 9.72. The molecule has 6 rings (SSSR count). The van der Waals surface area contributed by atoms with Gasteiger partial charge in [0.1, 0.15) is 17.4 Å². The topological polar surface area (TPSA) is 123 Å². The average Bonchev–Trinajstić information content (AvgIpc) is 3.64. The number of carbonyl (C=O) groups excluding carboxylic acids is 2. The van der Waals surface area contributed by atoms with Gasteiger partial charge in [0.25, 0.3) is 11.8 Å². The molecule has 4 aromatic rings. The van der Waals surface area contributed by atoms with Crippen molar-refractivity contribution in [2.24, 2.45) is 10.7 Å². The Morgan fingerprint density at radius 3 is 2.66 bits per heavy atom. The maximum absolute atomic E-state index is 13.6. The Balaban J connectivity index is 1.42. The van der Waals surface area contributed by atoms with Crippen molar-refractivity contribution in [3.8, 4) is 5.75 Å². The first-order chi connectivity index (χ1) is 20.0. The van der Waals surface area contributed by atoms with E-state index in [4.69, 9.17) is 20.9 Å². The van der Waals surface area contributed by atoms with Gasteiger partial charge in [0.2, 0.25) is 0 Å². The standard InChI is InChI=1S/C31H27N5O3S2/c32-30(33)40-16-6-14-31(26-27(29(38)35-28(26)37)36-15-13-20-7-4-5-10-25(20)36)18-34-24-12-11-21(17-23(24)31)39-19-41-22-8-2-1-3-9-22/h1-5,7-13,15,17-18H,6,14,16,19H2,(H3,32,33)(H,35,37,38). The van der Waals surface area contributed by atoms with Crippen LogP contribution in [0.15, 0.2) is 101 Å². The number of imide groups is 1. The summed E-state index contributed by atoms with van der Waals surface area (Å²) >= 11 is 2.84. The fourth-order valence-corrected chi connectivity index (χ4v) is 6.62. The lowest BCUT2D eigenvalue weighted by Crippen LogP contribution is -2.35. The van der Waals surface area contributed by atoms with Gasteiger partial charge in [-0.25, -0.2) is 0 Å². The number of thioether (sulfide) groups is 2. The molecule has 206 valence electrons. The van der Waals surface area contributed by atoms with Crippen LogP contribution >= 0.6 is 23.5 Å². The number of amidine groups is 1. The quantitative estimate of drug-likeness (QED) is 0.0552. The number of rotatable bonds is 10. The Bertz CT molecular complexity index is 1730. The number of benzene rings is 3. The van der Waals surface area contributed by atoms with Crippen LogP contribution < -0.4 is 15.8 Å². The number of nitrogens with two attached hydrogens (primary N) is 1. The molecule has 2 amide bonds. The highest BCUT2D eigenvalue weighted by molar-refractivity contribution is 8.13. The molecular weight excluding hydrogens is 555 g/mol. The van der Waals surface area contributed by atoms with Crippen LogP contribution in [-0.4, -0.2) is 39.5 Å². The highest BCUT2D eigenvalue weighted by Crippen LogP contribution is 2.49. The molecule has 8 nitrogen and oxygen atoms in total. The Labute approximate surface area is 245 Å². The second-order valence-corrected chi connectivity index (χ2v) is 11.8. The highest BCUT2D eigenvalue weighted by Gasteiger charge is 2.49. The number of para-hydroxylation sites is 1. The van der Waals surface area contributed by atoms with Crippen LogP contribution in [0.1, 0.15) is 18.4 Å².